The van der Waals surface area contributed by atoms with Gasteiger partial charge in [0.15, 0.2) is 0 Å². The van der Waals surface area contributed by atoms with Gasteiger partial charge in [-0.1, -0.05) is 0 Å². The Morgan fingerprint density at radius 3 is 2.56 bits per heavy atom. The number of ether oxygens (including phenoxy) is 2. The summed E-state index contributed by atoms with van der Waals surface area (Å²) in [5.41, 5.74) is 0.754. The topological polar surface area (TPSA) is 97.0 Å². The van der Waals surface area contributed by atoms with E-state index in [0.29, 0.717) is 13.2 Å². The first kappa shape index (κ1) is 18.6. The van der Waals surface area contributed by atoms with E-state index in [4.69, 9.17) is 9.47 Å². The summed E-state index contributed by atoms with van der Waals surface area (Å²) in [5.74, 6) is 0.168. The molecule has 1 aliphatic heterocycles. The van der Waals surface area contributed by atoms with E-state index >= 15 is 0 Å². The summed E-state index contributed by atoms with van der Waals surface area (Å²) in [6.07, 6.45) is 0.208. The van der Waals surface area contributed by atoms with Crippen molar-refractivity contribution in [3.05, 3.63) is 24.3 Å². The first-order valence-electron chi connectivity index (χ1n) is 8.26. The number of carbonyl (C=O) groups is 3. The van der Waals surface area contributed by atoms with Crippen LogP contribution in [0.2, 0.25) is 0 Å². The predicted octanol–water partition coefficient (Wildman–Crippen LogP) is 1.05. The minimum atomic E-state index is -0.504. The van der Waals surface area contributed by atoms with Gasteiger partial charge in [-0.2, -0.15) is 0 Å². The van der Waals surface area contributed by atoms with E-state index in [2.05, 4.69) is 10.6 Å². The lowest BCUT2D eigenvalue weighted by Gasteiger charge is -2.18. The van der Waals surface area contributed by atoms with E-state index in [0.717, 1.165) is 11.4 Å². The van der Waals surface area contributed by atoms with E-state index < -0.39 is 12.0 Å². The normalized spacial score (nSPS) is 16.5. The Balaban J connectivity index is 1.85. The number of hydrogen-bond acceptors (Lipinski definition) is 5. The summed E-state index contributed by atoms with van der Waals surface area (Å²) in [7, 11) is 0. The van der Waals surface area contributed by atoms with E-state index in [-0.39, 0.29) is 31.5 Å². The maximum Gasteiger partial charge on any atom is 0.325 e. The van der Waals surface area contributed by atoms with Crippen LogP contribution in [0, 0.1) is 0 Å². The molecule has 2 N–H and O–H groups in total. The van der Waals surface area contributed by atoms with Crippen molar-refractivity contribution in [1.29, 1.82) is 0 Å². The zero-order chi connectivity index (χ0) is 18.2. The predicted molar refractivity (Wildman–Crippen MR) is 91.5 cm³/mol. The van der Waals surface area contributed by atoms with Crippen molar-refractivity contribution in [2.24, 2.45) is 0 Å². The van der Waals surface area contributed by atoms with Gasteiger partial charge in [-0.05, 0) is 38.1 Å². The maximum absolute atomic E-state index is 12.2. The van der Waals surface area contributed by atoms with Crippen LogP contribution in [0.4, 0.5) is 10.5 Å². The molecule has 8 heteroatoms. The third-order valence-corrected chi connectivity index (χ3v) is 3.62. The van der Waals surface area contributed by atoms with Crippen molar-refractivity contribution in [2.45, 2.75) is 26.3 Å². The van der Waals surface area contributed by atoms with Crippen LogP contribution in [-0.2, 0) is 14.3 Å². The van der Waals surface area contributed by atoms with E-state index in [1.807, 2.05) is 19.1 Å². The lowest BCUT2D eigenvalue weighted by molar-refractivity contribution is -0.141. The molecule has 0 aromatic heterocycles. The van der Waals surface area contributed by atoms with Gasteiger partial charge >= 0.3 is 12.0 Å². The molecule has 1 aromatic carbocycles. The second-order valence-electron chi connectivity index (χ2n) is 5.46. The Morgan fingerprint density at radius 1 is 1.20 bits per heavy atom. The Morgan fingerprint density at radius 2 is 1.92 bits per heavy atom. The van der Waals surface area contributed by atoms with Crippen molar-refractivity contribution in [2.75, 3.05) is 31.2 Å². The van der Waals surface area contributed by atoms with Crippen molar-refractivity contribution >= 4 is 23.6 Å². The highest BCUT2D eigenvalue weighted by atomic mass is 16.5. The van der Waals surface area contributed by atoms with Gasteiger partial charge in [0.1, 0.15) is 12.3 Å². The summed E-state index contributed by atoms with van der Waals surface area (Å²) >= 11 is 0. The van der Waals surface area contributed by atoms with Crippen LogP contribution < -0.4 is 20.3 Å². The summed E-state index contributed by atoms with van der Waals surface area (Å²) in [6.45, 7) is 4.60. The SMILES string of the molecule is CCOC(=O)CNC(=O)N[C@@H]1CC(=O)N(c2ccc(OCC)cc2)C1. The number of hydrogen-bond donors (Lipinski definition) is 2. The molecule has 8 nitrogen and oxygen atoms in total. The van der Waals surface area contributed by atoms with Gasteiger partial charge in [0.25, 0.3) is 0 Å². The smallest absolute Gasteiger partial charge is 0.325 e. The molecule has 2 rings (SSSR count). The first-order chi connectivity index (χ1) is 12.0. The summed E-state index contributed by atoms with van der Waals surface area (Å²) < 4.78 is 10.1. The summed E-state index contributed by atoms with van der Waals surface area (Å²) in [4.78, 5) is 36.8. The molecular weight excluding hydrogens is 326 g/mol. The Kier molecular flexibility index (Phi) is 6.62. The average molecular weight is 349 g/mol. The fourth-order valence-corrected chi connectivity index (χ4v) is 2.54. The number of urea groups is 1. The van der Waals surface area contributed by atoms with Gasteiger partial charge in [-0.25, -0.2) is 4.79 Å². The van der Waals surface area contributed by atoms with E-state index in [1.165, 1.54) is 0 Å². The number of esters is 1. The standard InChI is InChI=1S/C17H23N3O5/c1-3-24-14-7-5-13(6-8-14)20-11-12(9-15(20)21)19-17(23)18-10-16(22)25-4-2/h5-8,12H,3-4,9-11H2,1-2H3,(H2,18,19,23)/t12-/m1/s1. The van der Waals surface area contributed by atoms with Gasteiger partial charge < -0.3 is 25.0 Å². The van der Waals surface area contributed by atoms with Crippen LogP contribution in [0.15, 0.2) is 24.3 Å². The number of rotatable bonds is 7. The van der Waals surface area contributed by atoms with Crippen LogP contribution in [0.1, 0.15) is 20.3 Å². The molecule has 3 amide bonds. The molecule has 0 bridgehead atoms. The maximum atomic E-state index is 12.2. The number of nitrogens with zero attached hydrogens (tertiary/aromatic N) is 1. The molecule has 25 heavy (non-hydrogen) atoms. The van der Waals surface area contributed by atoms with Crippen LogP contribution >= 0.6 is 0 Å². The molecule has 1 aliphatic rings. The average Bonchev–Trinajstić information content (AvgIpc) is 2.94. The van der Waals surface area contributed by atoms with Gasteiger partial charge in [0.2, 0.25) is 5.91 Å². The lowest BCUT2D eigenvalue weighted by Crippen LogP contribution is -2.45. The number of anilines is 1. The number of amides is 3. The molecular formula is C17H23N3O5. The largest absolute Gasteiger partial charge is 0.494 e. The lowest BCUT2D eigenvalue weighted by atomic mass is 10.2. The zero-order valence-electron chi connectivity index (χ0n) is 14.4. The van der Waals surface area contributed by atoms with Gasteiger partial charge in [0.05, 0.1) is 19.3 Å². The second kappa shape index (κ2) is 8.91. The van der Waals surface area contributed by atoms with Crippen molar-refractivity contribution in [3.8, 4) is 5.75 Å². The summed E-state index contributed by atoms with van der Waals surface area (Å²) in [5, 5.41) is 5.11. The minimum absolute atomic E-state index is 0.0696. The highest BCUT2D eigenvalue weighted by molar-refractivity contribution is 5.96. The zero-order valence-corrected chi connectivity index (χ0v) is 14.4. The monoisotopic (exact) mass is 349 g/mol. The first-order valence-corrected chi connectivity index (χ1v) is 8.26. The molecule has 136 valence electrons. The van der Waals surface area contributed by atoms with Crippen molar-refractivity contribution in [1.82, 2.24) is 10.6 Å². The molecule has 0 saturated carbocycles. The Bertz CT molecular complexity index is 617. The van der Waals surface area contributed by atoms with E-state index in [1.54, 1.807) is 24.0 Å². The highest BCUT2D eigenvalue weighted by Crippen LogP contribution is 2.24. The van der Waals surface area contributed by atoms with Crippen LogP contribution in [0.5, 0.6) is 5.75 Å². The fraction of sp³-hybridized carbons (Fsp3) is 0.471. The molecule has 1 fully saturated rings. The molecule has 0 aliphatic carbocycles. The molecule has 1 aromatic rings. The quantitative estimate of drug-likeness (QED) is 0.717. The third-order valence-electron chi connectivity index (χ3n) is 3.62. The minimum Gasteiger partial charge on any atom is -0.494 e. The molecule has 0 spiro atoms. The van der Waals surface area contributed by atoms with Crippen molar-refractivity contribution in [3.63, 3.8) is 0 Å². The second-order valence-corrected chi connectivity index (χ2v) is 5.46. The Labute approximate surface area is 146 Å². The van der Waals surface area contributed by atoms with Crippen LogP contribution in [-0.4, -0.2) is 50.3 Å². The number of carbonyl (C=O) groups excluding carboxylic acids is 3. The van der Waals surface area contributed by atoms with Crippen molar-refractivity contribution < 1.29 is 23.9 Å². The van der Waals surface area contributed by atoms with Crippen LogP contribution in [0.3, 0.4) is 0 Å². The Hall–Kier alpha value is -2.77. The van der Waals surface area contributed by atoms with Gasteiger partial charge in [-0.15, -0.1) is 0 Å². The molecule has 0 radical (unpaired) electrons. The van der Waals surface area contributed by atoms with Gasteiger partial charge in [-0.3, -0.25) is 9.59 Å². The fourth-order valence-electron chi connectivity index (χ4n) is 2.54. The van der Waals surface area contributed by atoms with Crippen LogP contribution in [0.25, 0.3) is 0 Å². The number of benzene rings is 1. The molecule has 0 unspecified atom stereocenters. The molecule has 1 heterocycles. The van der Waals surface area contributed by atoms with Gasteiger partial charge in [0, 0.05) is 18.7 Å². The number of nitrogens with one attached hydrogen (secondary N) is 2. The molecule has 1 saturated heterocycles. The summed E-state index contributed by atoms with van der Waals surface area (Å²) in [6, 6.07) is 6.41. The van der Waals surface area contributed by atoms with E-state index in [9.17, 15) is 14.4 Å². The highest BCUT2D eigenvalue weighted by Gasteiger charge is 2.31. The third kappa shape index (κ3) is 5.37. The molecule has 1 atom stereocenters.